The van der Waals surface area contributed by atoms with Crippen LogP contribution in [0.3, 0.4) is 0 Å². The number of halogens is 1. The van der Waals surface area contributed by atoms with Crippen LogP contribution in [0, 0.1) is 0 Å². The van der Waals surface area contributed by atoms with E-state index in [1.165, 1.54) is 13.4 Å². The average Bonchev–Trinajstić information content (AvgIpc) is 2.94. The molecule has 1 aliphatic rings. The summed E-state index contributed by atoms with van der Waals surface area (Å²) in [5, 5.41) is 3.86. The van der Waals surface area contributed by atoms with Crippen LogP contribution < -0.4 is 10.5 Å². The maximum absolute atomic E-state index is 5.96. The van der Waals surface area contributed by atoms with Crippen molar-refractivity contribution in [2.45, 2.75) is 18.4 Å². The van der Waals surface area contributed by atoms with E-state index in [2.05, 4.69) is 20.1 Å². The van der Waals surface area contributed by atoms with Gasteiger partial charge in [0, 0.05) is 6.07 Å². The van der Waals surface area contributed by atoms with Gasteiger partial charge < -0.3 is 15.0 Å². The summed E-state index contributed by atoms with van der Waals surface area (Å²) in [5.74, 6) is 1.32. The summed E-state index contributed by atoms with van der Waals surface area (Å²) in [6, 6.07) is 1.64. The average molecular weight is 270 g/mol. The van der Waals surface area contributed by atoms with Crippen LogP contribution in [0.1, 0.15) is 18.7 Å². The molecule has 2 aromatic rings. The summed E-state index contributed by atoms with van der Waals surface area (Å²) >= 11 is 0. The monoisotopic (exact) mass is 269 g/mol. The molecule has 0 aliphatic heterocycles. The quantitative estimate of drug-likeness (QED) is 0.883. The molecule has 1 fully saturated rings. The van der Waals surface area contributed by atoms with Gasteiger partial charge in [-0.05, 0) is 12.8 Å². The molecule has 2 N–H and O–H groups in total. The molecule has 0 aromatic carbocycles. The van der Waals surface area contributed by atoms with Crippen molar-refractivity contribution < 1.29 is 9.26 Å². The van der Waals surface area contributed by atoms with Crippen molar-refractivity contribution in [3.8, 4) is 17.4 Å². The molecule has 0 amide bonds. The highest BCUT2D eigenvalue weighted by molar-refractivity contribution is 5.85. The fourth-order valence-corrected chi connectivity index (χ4v) is 1.45. The molecule has 3 rings (SSSR count). The normalized spacial score (nSPS) is 15.9. The Hall–Kier alpha value is -1.73. The Labute approximate surface area is 109 Å². The van der Waals surface area contributed by atoms with Gasteiger partial charge in [0.25, 0.3) is 0 Å². The molecule has 7 nitrogen and oxygen atoms in total. The molecule has 1 saturated carbocycles. The summed E-state index contributed by atoms with van der Waals surface area (Å²) in [6.07, 6.45) is 3.14. The van der Waals surface area contributed by atoms with Crippen LogP contribution in [-0.2, 0) is 5.54 Å². The number of nitrogens with two attached hydrogens (primary N) is 1. The van der Waals surface area contributed by atoms with Crippen LogP contribution >= 0.6 is 12.4 Å². The van der Waals surface area contributed by atoms with Crippen LogP contribution in [0.2, 0.25) is 0 Å². The number of ether oxygens (including phenoxy) is 1. The van der Waals surface area contributed by atoms with Gasteiger partial charge in [-0.15, -0.1) is 12.4 Å². The highest BCUT2D eigenvalue weighted by atomic mass is 35.5. The molecular formula is C10H12ClN5O2. The zero-order chi connectivity index (χ0) is 11.9. The van der Waals surface area contributed by atoms with E-state index in [0.29, 0.717) is 23.3 Å². The minimum atomic E-state index is -0.428. The maximum Gasteiger partial charge on any atom is 0.247 e. The summed E-state index contributed by atoms with van der Waals surface area (Å²) < 4.78 is 10.1. The van der Waals surface area contributed by atoms with Crippen LogP contribution in [0.25, 0.3) is 11.5 Å². The fourth-order valence-electron chi connectivity index (χ4n) is 1.45. The first-order valence-electron chi connectivity index (χ1n) is 5.21. The molecule has 2 heterocycles. The third-order valence-corrected chi connectivity index (χ3v) is 2.72. The maximum atomic E-state index is 5.96. The predicted octanol–water partition coefficient (Wildman–Crippen LogP) is 0.905. The Morgan fingerprint density at radius 3 is 2.83 bits per heavy atom. The molecule has 0 atom stereocenters. The Kier molecular flexibility index (Phi) is 3.18. The standard InChI is InChI=1S/C10H11N5O2.ClH/c1-16-7-4-6(12-5-13-7)8-14-9(17-15-8)10(11)2-3-10;/h4-5H,2-3,11H2,1H3;1H. The Balaban J connectivity index is 0.00000120. The smallest absolute Gasteiger partial charge is 0.247 e. The highest BCUT2D eigenvalue weighted by Gasteiger charge is 2.45. The lowest BCUT2D eigenvalue weighted by Gasteiger charge is -1.99. The molecule has 96 valence electrons. The van der Waals surface area contributed by atoms with Crippen molar-refractivity contribution in [2.24, 2.45) is 5.73 Å². The van der Waals surface area contributed by atoms with Crippen LogP contribution in [0.15, 0.2) is 16.9 Å². The van der Waals surface area contributed by atoms with E-state index in [9.17, 15) is 0 Å². The van der Waals surface area contributed by atoms with Gasteiger partial charge >= 0.3 is 0 Å². The van der Waals surface area contributed by atoms with E-state index < -0.39 is 5.54 Å². The topological polar surface area (TPSA) is 100.0 Å². The number of hydrogen-bond donors (Lipinski definition) is 1. The van der Waals surface area contributed by atoms with Gasteiger partial charge in [-0.2, -0.15) is 4.98 Å². The lowest BCUT2D eigenvalue weighted by atomic mass is 10.3. The Morgan fingerprint density at radius 1 is 1.39 bits per heavy atom. The van der Waals surface area contributed by atoms with Crippen molar-refractivity contribution in [2.75, 3.05) is 7.11 Å². The Morgan fingerprint density at radius 2 is 2.17 bits per heavy atom. The van der Waals surface area contributed by atoms with Gasteiger partial charge in [-0.3, -0.25) is 0 Å². The Bertz CT molecular complexity index is 555. The molecule has 2 aromatic heterocycles. The first kappa shape index (κ1) is 12.7. The number of rotatable bonds is 3. The molecular weight excluding hydrogens is 258 g/mol. The molecule has 0 saturated heterocycles. The lowest BCUT2D eigenvalue weighted by Crippen LogP contribution is -2.18. The first-order chi connectivity index (χ1) is 8.21. The van der Waals surface area contributed by atoms with Gasteiger partial charge in [-0.1, -0.05) is 5.16 Å². The minimum Gasteiger partial charge on any atom is -0.481 e. The van der Waals surface area contributed by atoms with Crippen LogP contribution in [0.4, 0.5) is 0 Å². The van der Waals surface area contributed by atoms with E-state index >= 15 is 0 Å². The first-order valence-corrected chi connectivity index (χ1v) is 5.21. The van der Waals surface area contributed by atoms with Crippen LogP contribution in [-0.4, -0.2) is 27.2 Å². The van der Waals surface area contributed by atoms with E-state index in [1.807, 2.05) is 0 Å². The van der Waals surface area contributed by atoms with Gasteiger partial charge in [0.1, 0.15) is 12.0 Å². The third-order valence-electron chi connectivity index (χ3n) is 2.72. The van der Waals surface area contributed by atoms with E-state index in [1.54, 1.807) is 6.07 Å². The zero-order valence-electron chi connectivity index (χ0n) is 9.66. The molecule has 0 bridgehead atoms. The van der Waals surface area contributed by atoms with Crippen molar-refractivity contribution in [3.05, 3.63) is 18.3 Å². The largest absolute Gasteiger partial charge is 0.481 e. The van der Waals surface area contributed by atoms with Crippen LogP contribution in [0.5, 0.6) is 5.88 Å². The summed E-state index contributed by atoms with van der Waals surface area (Å²) in [6.45, 7) is 0. The molecule has 0 spiro atoms. The number of aromatic nitrogens is 4. The SMILES string of the molecule is COc1cc(-c2noc(C3(N)CC3)n2)ncn1.Cl. The molecule has 1 aliphatic carbocycles. The van der Waals surface area contributed by atoms with Gasteiger partial charge in [0.15, 0.2) is 0 Å². The minimum absolute atomic E-state index is 0. The van der Waals surface area contributed by atoms with Gasteiger partial charge in [0.2, 0.25) is 17.6 Å². The predicted molar refractivity (Wildman–Crippen MR) is 64.2 cm³/mol. The van der Waals surface area contributed by atoms with Gasteiger partial charge in [-0.25, -0.2) is 9.97 Å². The van der Waals surface area contributed by atoms with Gasteiger partial charge in [0.05, 0.1) is 12.6 Å². The number of methoxy groups -OCH3 is 1. The molecule has 0 unspecified atom stereocenters. The van der Waals surface area contributed by atoms with E-state index in [0.717, 1.165) is 12.8 Å². The second-order valence-electron chi connectivity index (χ2n) is 4.02. The number of hydrogen-bond acceptors (Lipinski definition) is 7. The molecule has 0 radical (unpaired) electrons. The fraction of sp³-hybridized carbons (Fsp3) is 0.400. The third kappa shape index (κ3) is 2.14. The molecule has 18 heavy (non-hydrogen) atoms. The van der Waals surface area contributed by atoms with Crippen molar-refractivity contribution in [1.82, 2.24) is 20.1 Å². The van der Waals surface area contributed by atoms with Crippen molar-refractivity contribution >= 4 is 12.4 Å². The number of nitrogens with zero attached hydrogens (tertiary/aromatic N) is 4. The second kappa shape index (κ2) is 4.51. The van der Waals surface area contributed by atoms with Crippen molar-refractivity contribution in [3.63, 3.8) is 0 Å². The van der Waals surface area contributed by atoms with E-state index in [4.69, 9.17) is 15.0 Å². The zero-order valence-corrected chi connectivity index (χ0v) is 10.5. The lowest BCUT2D eigenvalue weighted by molar-refractivity contribution is 0.348. The highest BCUT2D eigenvalue weighted by Crippen LogP contribution is 2.42. The second-order valence-corrected chi connectivity index (χ2v) is 4.02. The summed E-state index contributed by atoms with van der Waals surface area (Å²) in [5.41, 5.74) is 6.09. The van der Waals surface area contributed by atoms with Crippen molar-refractivity contribution in [1.29, 1.82) is 0 Å². The summed E-state index contributed by atoms with van der Waals surface area (Å²) in [7, 11) is 1.53. The van der Waals surface area contributed by atoms with E-state index in [-0.39, 0.29) is 12.4 Å². The molecule has 8 heteroatoms. The summed E-state index contributed by atoms with van der Waals surface area (Å²) in [4.78, 5) is 12.2.